The minimum absolute atomic E-state index is 0.203. The Labute approximate surface area is 114 Å². The highest BCUT2D eigenvalue weighted by molar-refractivity contribution is 5.95. The molecule has 0 unspecified atom stereocenters. The largest absolute Gasteiger partial charge is 0.326 e. The van der Waals surface area contributed by atoms with Crippen molar-refractivity contribution in [2.75, 3.05) is 5.32 Å². The lowest BCUT2D eigenvalue weighted by molar-refractivity contribution is -0.117. The number of para-hydroxylation sites is 1. The summed E-state index contributed by atoms with van der Waals surface area (Å²) in [4.78, 5) is 12.4. The number of benzene rings is 1. The van der Waals surface area contributed by atoms with Crippen LogP contribution in [-0.4, -0.2) is 5.91 Å². The lowest BCUT2D eigenvalue weighted by Gasteiger charge is -2.07. The molecule has 1 saturated carbocycles. The van der Waals surface area contributed by atoms with Gasteiger partial charge in [0, 0.05) is 11.6 Å². The first-order valence-corrected chi connectivity index (χ1v) is 7.30. The van der Waals surface area contributed by atoms with Gasteiger partial charge in [-0.3, -0.25) is 4.79 Å². The normalized spacial score (nSPS) is 30.7. The lowest BCUT2D eigenvalue weighted by atomic mass is 10.1. The van der Waals surface area contributed by atoms with Crippen molar-refractivity contribution >= 4 is 11.6 Å². The first-order chi connectivity index (χ1) is 9.27. The van der Waals surface area contributed by atoms with Gasteiger partial charge in [-0.05, 0) is 49.7 Å². The van der Waals surface area contributed by atoms with Gasteiger partial charge in [0.25, 0.3) is 0 Å². The zero-order valence-electron chi connectivity index (χ0n) is 11.4. The van der Waals surface area contributed by atoms with E-state index < -0.39 is 0 Å². The molecule has 0 radical (unpaired) electrons. The third-order valence-corrected chi connectivity index (χ3v) is 4.45. The van der Waals surface area contributed by atoms with E-state index in [0.29, 0.717) is 11.8 Å². The molecule has 0 aromatic heterocycles. The smallest absolute Gasteiger partial charge is 0.228 e. The zero-order chi connectivity index (χ0) is 13.2. The molecule has 0 aliphatic heterocycles. The number of fused-ring (bicyclic) bond motifs is 1. The van der Waals surface area contributed by atoms with Gasteiger partial charge in [0.05, 0.1) is 0 Å². The standard InChI is InChI=1S/C17H21NO/c1-12-8-6-7-11-15(12)18-17(19)16-13-9-4-2-3-5-10-14(13)16/h4,6-9,11,13-14,16H,2-3,5,10H2,1H3,(H,18,19)/b9-4+/t13-,14+,16-/m1/s1. The maximum Gasteiger partial charge on any atom is 0.228 e. The quantitative estimate of drug-likeness (QED) is 0.797. The zero-order valence-corrected chi connectivity index (χ0v) is 11.4. The summed E-state index contributed by atoms with van der Waals surface area (Å²) >= 11 is 0. The van der Waals surface area contributed by atoms with E-state index in [-0.39, 0.29) is 11.8 Å². The minimum atomic E-state index is 0.203. The molecule has 100 valence electrons. The summed E-state index contributed by atoms with van der Waals surface area (Å²) in [7, 11) is 0. The van der Waals surface area contributed by atoms with Gasteiger partial charge in [0.15, 0.2) is 0 Å². The van der Waals surface area contributed by atoms with Crippen LogP contribution in [0.15, 0.2) is 36.4 Å². The summed E-state index contributed by atoms with van der Waals surface area (Å²) in [6.45, 7) is 2.03. The SMILES string of the molecule is Cc1ccccc1NC(=O)[C@@H]1[C@@H]2/C=C/CCCC[C@@H]21. The molecule has 3 rings (SSSR count). The van der Waals surface area contributed by atoms with Crippen molar-refractivity contribution in [3.63, 3.8) is 0 Å². The van der Waals surface area contributed by atoms with Crippen LogP contribution >= 0.6 is 0 Å². The van der Waals surface area contributed by atoms with E-state index in [9.17, 15) is 4.79 Å². The van der Waals surface area contributed by atoms with Crippen molar-refractivity contribution in [3.05, 3.63) is 42.0 Å². The lowest BCUT2D eigenvalue weighted by Crippen LogP contribution is -2.16. The highest BCUT2D eigenvalue weighted by atomic mass is 16.2. The van der Waals surface area contributed by atoms with Crippen LogP contribution in [0.2, 0.25) is 0 Å². The molecule has 3 atom stereocenters. The Morgan fingerprint density at radius 3 is 2.95 bits per heavy atom. The minimum Gasteiger partial charge on any atom is -0.326 e. The molecule has 2 nitrogen and oxygen atoms in total. The first kappa shape index (κ1) is 12.5. The number of amides is 1. The van der Waals surface area contributed by atoms with Gasteiger partial charge < -0.3 is 5.32 Å². The molecule has 1 aromatic rings. The molecule has 1 N–H and O–H groups in total. The van der Waals surface area contributed by atoms with Gasteiger partial charge in [0.1, 0.15) is 0 Å². The predicted molar refractivity (Wildman–Crippen MR) is 77.9 cm³/mol. The average molecular weight is 255 g/mol. The van der Waals surface area contributed by atoms with E-state index in [1.165, 1.54) is 25.7 Å². The van der Waals surface area contributed by atoms with Crippen LogP contribution in [0.4, 0.5) is 5.69 Å². The number of nitrogens with one attached hydrogen (secondary N) is 1. The fourth-order valence-electron chi connectivity index (χ4n) is 3.23. The van der Waals surface area contributed by atoms with Gasteiger partial charge in [-0.2, -0.15) is 0 Å². The Morgan fingerprint density at radius 2 is 2.11 bits per heavy atom. The number of aryl methyl sites for hydroxylation is 1. The summed E-state index contributed by atoms with van der Waals surface area (Å²) in [5.74, 6) is 1.48. The van der Waals surface area contributed by atoms with Crippen molar-refractivity contribution in [3.8, 4) is 0 Å². The number of allylic oxidation sites excluding steroid dienone is 2. The van der Waals surface area contributed by atoms with Crippen molar-refractivity contribution in [2.24, 2.45) is 17.8 Å². The first-order valence-electron chi connectivity index (χ1n) is 7.30. The highest BCUT2D eigenvalue weighted by Crippen LogP contribution is 2.51. The molecule has 0 saturated heterocycles. The molecule has 2 heteroatoms. The molecule has 0 heterocycles. The number of rotatable bonds is 2. The second-order valence-electron chi connectivity index (χ2n) is 5.78. The molecule has 19 heavy (non-hydrogen) atoms. The molecule has 2 aliphatic carbocycles. The summed E-state index contributed by atoms with van der Waals surface area (Å²) in [6.07, 6.45) is 9.45. The Bertz CT molecular complexity index is 506. The van der Waals surface area contributed by atoms with Crippen LogP contribution in [0, 0.1) is 24.7 Å². The van der Waals surface area contributed by atoms with Crippen molar-refractivity contribution in [2.45, 2.75) is 32.6 Å². The summed E-state index contributed by atoms with van der Waals surface area (Å²) in [5, 5.41) is 3.10. The van der Waals surface area contributed by atoms with Crippen molar-refractivity contribution < 1.29 is 4.79 Å². The summed E-state index contributed by atoms with van der Waals surface area (Å²) < 4.78 is 0. The Morgan fingerprint density at radius 1 is 1.26 bits per heavy atom. The number of hydrogen-bond donors (Lipinski definition) is 1. The third-order valence-electron chi connectivity index (χ3n) is 4.45. The molecule has 1 amide bonds. The van der Waals surface area contributed by atoms with E-state index in [1.54, 1.807) is 0 Å². The van der Waals surface area contributed by atoms with E-state index in [0.717, 1.165) is 11.3 Å². The fourth-order valence-corrected chi connectivity index (χ4v) is 3.23. The van der Waals surface area contributed by atoms with Gasteiger partial charge in [-0.15, -0.1) is 0 Å². The molecule has 2 aliphatic rings. The summed E-state index contributed by atoms with van der Waals surface area (Å²) in [5.41, 5.74) is 2.08. The number of carbonyl (C=O) groups excluding carboxylic acids is 1. The van der Waals surface area contributed by atoms with Crippen LogP contribution in [0.3, 0.4) is 0 Å². The van der Waals surface area contributed by atoms with Crippen LogP contribution < -0.4 is 5.32 Å². The molecule has 1 fully saturated rings. The topological polar surface area (TPSA) is 29.1 Å². The van der Waals surface area contributed by atoms with Crippen LogP contribution in [-0.2, 0) is 4.79 Å². The van der Waals surface area contributed by atoms with E-state index >= 15 is 0 Å². The maximum absolute atomic E-state index is 12.4. The van der Waals surface area contributed by atoms with Crippen molar-refractivity contribution in [1.82, 2.24) is 0 Å². The van der Waals surface area contributed by atoms with Gasteiger partial charge in [-0.1, -0.05) is 36.8 Å². The van der Waals surface area contributed by atoms with Gasteiger partial charge in [-0.25, -0.2) is 0 Å². The van der Waals surface area contributed by atoms with Crippen LogP contribution in [0.1, 0.15) is 31.2 Å². The molecule has 0 bridgehead atoms. The van der Waals surface area contributed by atoms with Crippen molar-refractivity contribution in [1.29, 1.82) is 0 Å². The number of anilines is 1. The maximum atomic E-state index is 12.4. The Balaban J connectivity index is 1.67. The average Bonchev–Trinajstić information content (AvgIpc) is 3.03. The third kappa shape index (κ3) is 2.58. The second kappa shape index (κ2) is 5.20. The van der Waals surface area contributed by atoms with E-state index in [4.69, 9.17) is 0 Å². The second-order valence-corrected chi connectivity index (χ2v) is 5.78. The van der Waals surface area contributed by atoms with Crippen LogP contribution in [0.25, 0.3) is 0 Å². The highest BCUT2D eigenvalue weighted by Gasteiger charge is 2.52. The number of carbonyl (C=O) groups is 1. The van der Waals surface area contributed by atoms with E-state index in [1.807, 2.05) is 31.2 Å². The number of hydrogen-bond acceptors (Lipinski definition) is 1. The monoisotopic (exact) mass is 255 g/mol. The molecule has 1 aromatic carbocycles. The van der Waals surface area contributed by atoms with Gasteiger partial charge in [0.2, 0.25) is 5.91 Å². The molecular formula is C17H21NO. The fraction of sp³-hybridized carbons (Fsp3) is 0.471. The van der Waals surface area contributed by atoms with E-state index in [2.05, 4.69) is 17.5 Å². The molecule has 0 spiro atoms. The predicted octanol–water partition coefficient (Wildman–Crippen LogP) is 3.93. The Kier molecular flexibility index (Phi) is 3.41. The molecular weight excluding hydrogens is 234 g/mol. The summed E-state index contributed by atoms with van der Waals surface area (Å²) in [6, 6.07) is 7.98. The van der Waals surface area contributed by atoms with Gasteiger partial charge >= 0.3 is 0 Å². The van der Waals surface area contributed by atoms with Crippen LogP contribution in [0.5, 0.6) is 0 Å². The Hall–Kier alpha value is -1.57.